The number of rotatable bonds is 6. The molecule has 0 saturated carbocycles. The Morgan fingerprint density at radius 3 is 2.41 bits per heavy atom. The number of likely N-dealkylation sites (tertiary alicyclic amines) is 1. The molecule has 2 heteroatoms. The summed E-state index contributed by atoms with van der Waals surface area (Å²) in [6.45, 7) is 16.6. The number of nitrogens with one attached hydrogen (secondary N) is 1. The van der Waals surface area contributed by atoms with Crippen LogP contribution in [0.1, 0.15) is 47.5 Å². The molecule has 1 aliphatic rings. The molecule has 0 aromatic heterocycles. The lowest BCUT2D eigenvalue weighted by Gasteiger charge is -2.40. The predicted molar refractivity (Wildman–Crippen MR) is 76.3 cm³/mol. The summed E-state index contributed by atoms with van der Waals surface area (Å²) in [4.78, 5) is 2.66. The molecule has 1 N–H and O–H groups in total. The van der Waals surface area contributed by atoms with Crippen molar-refractivity contribution in [1.82, 2.24) is 10.2 Å². The van der Waals surface area contributed by atoms with Crippen molar-refractivity contribution in [2.24, 2.45) is 17.8 Å². The van der Waals surface area contributed by atoms with E-state index >= 15 is 0 Å². The number of piperidine rings is 1. The molecule has 1 fully saturated rings. The fourth-order valence-corrected chi connectivity index (χ4v) is 2.76. The van der Waals surface area contributed by atoms with Gasteiger partial charge in [-0.25, -0.2) is 0 Å². The SMILES string of the molecule is CCCN1CC(NCC(C)C)CC(C(C)C)C1. The molecule has 2 unspecified atom stereocenters. The summed E-state index contributed by atoms with van der Waals surface area (Å²) < 4.78 is 0. The highest BCUT2D eigenvalue weighted by Crippen LogP contribution is 2.24. The first-order chi connectivity index (χ1) is 8.02. The van der Waals surface area contributed by atoms with Crippen LogP contribution in [-0.2, 0) is 0 Å². The summed E-state index contributed by atoms with van der Waals surface area (Å²) in [7, 11) is 0. The first-order valence-electron chi connectivity index (χ1n) is 7.48. The minimum atomic E-state index is 0.713. The number of nitrogens with zero attached hydrogens (tertiary/aromatic N) is 1. The van der Waals surface area contributed by atoms with Crippen molar-refractivity contribution in [1.29, 1.82) is 0 Å². The van der Waals surface area contributed by atoms with Crippen molar-refractivity contribution in [3.05, 3.63) is 0 Å². The molecule has 0 aliphatic carbocycles. The highest BCUT2D eigenvalue weighted by atomic mass is 15.2. The van der Waals surface area contributed by atoms with Crippen LogP contribution in [0, 0.1) is 17.8 Å². The molecule has 102 valence electrons. The van der Waals surface area contributed by atoms with Crippen LogP contribution in [0.4, 0.5) is 0 Å². The van der Waals surface area contributed by atoms with E-state index in [2.05, 4.69) is 44.8 Å². The van der Waals surface area contributed by atoms with Gasteiger partial charge >= 0.3 is 0 Å². The molecular formula is C15H32N2. The number of hydrogen-bond acceptors (Lipinski definition) is 2. The van der Waals surface area contributed by atoms with Gasteiger partial charge in [-0.15, -0.1) is 0 Å². The molecule has 1 aliphatic heterocycles. The van der Waals surface area contributed by atoms with Gasteiger partial charge in [-0.05, 0) is 43.7 Å². The van der Waals surface area contributed by atoms with Crippen LogP contribution in [0.3, 0.4) is 0 Å². The van der Waals surface area contributed by atoms with Gasteiger partial charge in [0.2, 0.25) is 0 Å². The lowest BCUT2D eigenvalue weighted by molar-refractivity contribution is 0.114. The second-order valence-electron chi connectivity index (χ2n) is 6.50. The standard InChI is InChI=1S/C15H32N2/c1-6-7-17-10-14(13(4)5)8-15(11-17)16-9-12(2)3/h12-16H,6-11H2,1-5H3. The zero-order valence-corrected chi connectivity index (χ0v) is 12.5. The molecule has 1 rings (SSSR count). The Morgan fingerprint density at radius 1 is 1.18 bits per heavy atom. The first kappa shape index (κ1) is 15.0. The fourth-order valence-electron chi connectivity index (χ4n) is 2.76. The lowest BCUT2D eigenvalue weighted by Crippen LogP contribution is -2.51. The van der Waals surface area contributed by atoms with Gasteiger partial charge in [-0.2, -0.15) is 0 Å². The van der Waals surface area contributed by atoms with Crippen LogP contribution < -0.4 is 5.32 Å². The molecule has 0 aromatic carbocycles. The van der Waals surface area contributed by atoms with Crippen LogP contribution >= 0.6 is 0 Å². The largest absolute Gasteiger partial charge is 0.312 e. The van der Waals surface area contributed by atoms with Crippen LogP contribution in [-0.4, -0.2) is 37.1 Å². The third-order valence-corrected chi connectivity index (χ3v) is 3.86. The summed E-state index contributed by atoms with van der Waals surface area (Å²) in [5, 5.41) is 3.75. The van der Waals surface area contributed by atoms with E-state index in [9.17, 15) is 0 Å². The summed E-state index contributed by atoms with van der Waals surface area (Å²) in [6.07, 6.45) is 2.65. The van der Waals surface area contributed by atoms with Crippen molar-refractivity contribution < 1.29 is 0 Å². The Hall–Kier alpha value is -0.0800. The van der Waals surface area contributed by atoms with E-state index in [1.54, 1.807) is 0 Å². The van der Waals surface area contributed by atoms with E-state index in [0.717, 1.165) is 24.3 Å². The maximum atomic E-state index is 3.75. The Morgan fingerprint density at radius 2 is 1.88 bits per heavy atom. The summed E-state index contributed by atoms with van der Waals surface area (Å²) in [5.41, 5.74) is 0. The minimum absolute atomic E-state index is 0.713. The highest BCUT2D eigenvalue weighted by Gasteiger charge is 2.28. The monoisotopic (exact) mass is 240 g/mol. The van der Waals surface area contributed by atoms with Crippen LogP contribution in [0.15, 0.2) is 0 Å². The van der Waals surface area contributed by atoms with Crippen molar-refractivity contribution >= 4 is 0 Å². The van der Waals surface area contributed by atoms with Gasteiger partial charge in [0.1, 0.15) is 0 Å². The van der Waals surface area contributed by atoms with E-state index < -0.39 is 0 Å². The first-order valence-corrected chi connectivity index (χ1v) is 7.48. The van der Waals surface area contributed by atoms with E-state index in [4.69, 9.17) is 0 Å². The molecule has 2 nitrogen and oxygen atoms in total. The topological polar surface area (TPSA) is 15.3 Å². The normalized spacial score (nSPS) is 27.0. The van der Waals surface area contributed by atoms with Gasteiger partial charge in [0.15, 0.2) is 0 Å². The molecule has 2 atom stereocenters. The van der Waals surface area contributed by atoms with E-state index in [0.29, 0.717) is 6.04 Å². The van der Waals surface area contributed by atoms with Crippen molar-refractivity contribution in [3.8, 4) is 0 Å². The molecule has 0 radical (unpaired) electrons. The highest BCUT2D eigenvalue weighted by molar-refractivity contribution is 4.84. The molecule has 1 heterocycles. The van der Waals surface area contributed by atoms with Crippen LogP contribution in [0.25, 0.3) is 0 Å². The maximum Gasteiger partial charge on any atom is 0.0198 e. The Labute approximate surface area is 108 Å². The van der Waals surface area contributed by atoms with E-state index in [-0.39, 0.29) is 0 Å². The van der Waals surface area contributed by atoms with Crippen LogP contribution in [0.5, 0.6) is 0 Å². The van der Waals surface area contributed by atoms with Crippen molar-refractivity contribution in [3.63, 3.8) is 0 Å². The summed E-state index contributed by atoms with van der Waals surface area (Å²) >= 11 is 0. The van der Waals surface area contributed by atoms with Gasteiger partial charge in [-0.1, -0.05) is 34.6 Å². The van der Waals surface area contributed by atoms with Gasteiger partial charge in [0.05, 0.1) is 0 Å². The van der Waals surface area contributed by atoms with E-state index in [1.807, 2.05) is 0 Å². The molecular weight excluding hydrogens is 208 g/mol. The fraction of sp³-hybridized carbons (Fsp3) is 1.00. The molecule has 0 aromatic rings. The minimum Gasteiger partial charge on any atom is -0.312 e. The number of hydrogen-bond donors (Lipinski definition) is 1. The quantitative estimate of drug-likeness (QED) is 0.768. The second-order valence-corrected chi connectivity index (χ2v) is 6.50. The van der Waals surface area contributed by atoms with Gasteiger partial charge in [0.25, 0.3) is 0 Å². The maximum absolute atomic E-state index is 3.75. The Balaban J connectivity index is 2.46. The Bertz CT molecular complexity index is 201. The Kier molecular flexibility index (Phi) is 6.50. The van der Waals surface area contributed by atoms with Crippen LogP contribution in [0.2, 0.25) is 0 Å². The van der Waals surface area contributed by atoms with E-state index in [1.165, 1.54) is 32.5 Å². The zero-order chi connectivity index (χ0) is 12.8. The molecule has 0 bridgehead atoms. The average molecular weight is 240 g/mol. The third-order valence-electron chi connectivity index (χ3n) is 3.86. The average Bonchev–Trinajstić information content (AvgIpc) is 2.26. The smallest absolute Gasteiger partial charge is 0.0198 e. The lowest BCUT2D eigenvalue weighted by atomic mass is 9.85. The van der Waals surface area contributed by atoms with Crippen molar-refractivity contribution in [2.45, 2.75) is 53.5 Å². The predicted octanol–water partition coefficient (Wildman–Crippen LogP) is 2.99. The third kappa shape index (κ3) is 5.39. The van der Waals surface area contributed by atoms with Gasteiger partial charge in [-0.3, -0.25) is 0 Å². The second kappa shape index (κ2) is 7.38. The van der Waals surface area contributed by atoms with Crippen molar-refractivity contribution in [2.75, 3.05) is 26.2 Å². The van der Waals surface area contributed by atoms with Gasteiger partial charge in [0, 0.05) is 19.1 Å². The molecule has 0 spiro atoms. The summed E-state index contributed by atoms with van der Waals surface area (Å²) in [5.74, 6) is 2.45. The molecule has 1 saturated heterocycles. The summed E-state index contributed by atoms with van der Waals surface area (Å²) in [6, 6.07) is 0.713. The zero-order valence-electron chi connectivity index (χ0n) is 12.5. The molecule has 17 heavy (non-hydrogen) atoms. The van der Waals surface area contributed by atoms with Gasteiger partial charge < -0.3 is 10.2 Å². The molecule has 0 amide bonds.